The molecule has 0 amide bonds. The molecule has 2 aliphatic rings. The average molecular weight is 185 g/mol. The summed E-state index contributed by atoms with van der Waals surface area (Å²) in [5.41, 5.74) is 0. The van der Waals surface area contributed by atoms with E-state index in [1.54, 1.807) is 4.90 Å². The number of hydrogen-bond acceptors (Lipinski definition) is 3. The summed E-state index contributed by atoms with van der Waals surface area (Å²) in [5, 5.41) is 17.7. The molecule has 0 radical (unpaired) electrons. The molecule has 13 heavy (non-hydrogen) atoms. The van der Waals surface area contributed by atoms with Crippen LogP contribution in [-0.4, -0.2) is 45.7 Å². The van der Waals surface area contributed by atoms with Crippen molar-refractivity contribution in [2.45, 2.75) is 24.9 Å². The molecule has 0 aromatic rings. The number of rotatable bonds is 2. The fourth-order valence-electron chi connectivity index (χ4n) is 2.49. The lowest BCUT2D eigenvalue weighted by Crippen LogP contribution is -2.42. The zero-order valence-corrected chi connectivity index (χ0v) is 7.01. The van der Waals surface area contributed by atoms with Gasteiger partial charge in [0.25, 0.3) is 0 Å². The molecule has 0 aromatic heterocycles. The van der Waals surface area contributed by atoms with Gasteiger partial charge in [-0.1, -0.05) is 0 Å². The molecule has 2 bridgehead atoms. The quantitative estimate of drug-likeness (QED) is 0.613. The molecule has 2 fully saturated rings. The number of nitrogens with zero attached hydrogens (tertiary/aromatic N) is 1. The number of carbonyl (C=O) groups is 2. The van der Waals surface area contributed by atoms with Crippen molar-refractivity contribution < 1.29 is 19.8 Å². The van der Waals surface area contributed by atoms with Crippen molar-refractivity contribution in [1.29, 1.82) is 0 Å². The summed E-state index contributed by atoms with van der Waals surface area (Å²) in [6, 6.07) is -1.12. The van der Waals surface area contributed by atoms with Gasteiger partial charge in [0.05, 0.1) is 0 Å². The molecule has 0 aromatic carbocycles. The zero-order chi connectivity index (χ0) is 9.59. The van der Waals surface area contributed by atoms with Gasteiger partial charge in [-0.25, -0.2) is 0 Å². The Hall–Kier alpha value is -1.10. The third-order valence-corrected chi connectivity index (χ3v) is 3.03. The van der Waals surface area contributed by atoms with Gasteiger partial charge in [-0.2, -0.15) is 0 Å². The Labute approximate surface area is 75.0 Å². The highest BCUT2D eigenvalue weighted by Gasteiger charge is 2.52. The highest BCUT2D eigenvalue weighted by Crippen LogP contribution is 2.38. The molecule has 0 saturated carbocycles. The molecule has 2 saturated heterocycles. The van der Waals surface area contributed by atoms with Crippen molar-refractivity contribution in [3.63, 3.8) is 0 Å². The summed E-state index contributed by atoms with van der Waals surface area (Å²) in [4.78, 5) is 23.1. The summed E-state index contributed by atoms with van der Waals surface area (Å²) in [6.07, 6.45) is 1.31. The second kappa shape index (κ2) is 2.70. The first-order chi connectivity index (χ1) is 6.11. The summed E-state index contributed by atoms with van der Waals surface area (Å²) < 4.78 is 0. The predicted octanol–water partition coefficient (Wildman–Crippen LogP) is -0.382. The highest BCUT2D eigenvalue weighted by atomic mass is 16.4. The number of fused-ring (bicyclic) bond motifs is 2. The molecule has 2 N–H and O–H groups in total. The number of aliphatic carboxylic acids is 2. The minimum Gasteiger partial charge on any atom is -0.480 e. The van der Waals surface area contributed by atoms with Gasteiger partial charge in [0, 0.05) is 6.54 Å². The molecule has 2 rings (SSSR count). The molecule has 0 spiro atoms. The Kier molecular flexibility index (Phi) is 1.76. The molecule has 5 nitrogen and oxygen atoms in total. The van der Waals surface area contributed by atoms with Gasteiger partial charge in [0.2, 0.25) is 0 Å². The van der Waals surface area contributed by atoms with Gasteiger partial charge in [-0.15, -0.1) is 0 Å². The minimum absolute atomic E-state index is 0.0404. The lowest BCUT2D eigenvalue weighted by atomic mass is 9.96. The smallest absolute Gasteiger partial charge is 0.321 e. The first kappa shape index (κ1) is 8.50. The number of piperidine rings is 1. The second-order valence-corrected chi connectivity index (χ2v) is 3.66. The van der Waals surface area contributed by atoms with Crippen molar-refractivity contribution >= 4 is 11.9 Å². The lowest BCUT2D eigenvalue weighted by molar-refractivity contribution is -0.146. The molecule has 72 valence electrons. The van der Waals surface area contributed by atoms with E-state index in [1.807, 2.05) is 0 Å². The van der Waals surface area contributed by atoms with Crippen molar-refractivity contribution in [1.82, 2.24) is 4.90 Å². The Balaban J connectivity index is 2.19. The second-order valence-electron chi connectivity index (χ2n) is 3.66. The van der Waals surface area contributed by atoms with Gasteiger partial charge < -0.3 is 10.2 Å². The number of carboxylic acid groups (broad SMARTS) is 2. The summed E-state index contributed by atoms with van der Waals surface area (Å²) in [5.74, 6) is -1.74. The van der Waals surface area contributed by atoms with Crippen LogP contribution in [0.2, 0.25) is 0 Å². The fraction of sp³-hybridized carbons (Fsp3) is 0.750. The number of hydrogen-bond donors (Lipinski definition) is 2. The lowest BCUT2D eigenvalue weighted by Gasteiger charge is -2.21. The SMILES string of the molecule is O=C(O)C1CC2CCN1C2C(=O)O. The van der Waals surface area contributed by atoms with Crippen LogP contribution in [-0.2, 0) is 9.59 Å². The van der Waals surface area contributed by atoms with Crippen LogP contribution in [0.3, 0.4) is 0 Å². The summed E-state index contributed by atoms with van der Waals surface area (Å²) >= 11 is 0. The normalized spacial score (nSPS) is 42.2. The molecule has 0 aliphatic carbocycles. The van der Waals surface area contributed by atoms with Crippen LogP contribution >= 0.6 is 0 Å². The maximum Gasteiger partial charge on any atom is 0.321 e. The first-order valence-corrected chi connectivity index (χ1v) is 4.32. The first-order valence-electron chi connectivity index (χ1n) is 4.32. The van der Waals surface area contributed by atoms with Crippen LogP contribution in [0.1, 0.15) is 12.8 Å². The summed E-state index contributed by atoms with van der Waals surface area (Å²) in [7, 11) is 0. The van der Waals surface area contributed by atoms with Crippen LogP contribution < -0.4 is 0 Å². The van der Waals surface area contributed by atoms with Gasteiger partial charge in [-0.3, -0.25) is 14.5 Å². The molecule has 4 unspecified atom stereocenters. The maximum atomic E-state index is 10.8. The van der Waals surface area contributed by atoms with E-state index >= 15 is 0 Å². The van der Waals surface area contributed by atoms with Crippen LogP contribution in [0.25, 0.3) is 0 Å². The van der Waals surface area contributed by atoms with Gasteiger partial charge in [0.15, 0.2) is 0 Å². The molecule has 5 heteroatoms. The Morgan fingerprint density at radius 2 is 1.92 bits per heavy atom. The largest absolute Gasteiger partial charge is 0.480 e. The topological polar surface area (TPSA) is 77.8 Å². The van der Waals surface area contributed by atoms with Gasteiger partial charge in [-0.05, 0) is 18.8 Å². The van der Waals surface area contributed by atoms with E-state index in [1.165, 1.54) is 0 Å². The Morgan fingerprint density at radius 3 is 2.31 bits per heavy atom. The standard InChI is InChI=1S/C8H11NO4/c10-7(11)5-3-4-1-2-9(5)6(4)8(12)13/h4-6H,1-3H2,(H,10,11)(H,12,13). The average Bonchev–Trinajstić information content (AvgIpc) is 2.58. The predicted molar refractivity (Wildman–Crippen MR) is 42.3 cm³/mol. The van der Waals surface area contributed by atoms with E-state index in [2.05, 4.69) is 0 Å². The highest BCUT2D eigenvalue weighted by molar-refractivity contribution is 5.80. The minimum atomic E-state index is -0.895. The fourth-order valence-corrected chi connectivity index (χ4v) is 2.49. The molecule has 4 atom stereocenters. The van der Waals surface area contributed by atoms with Gasteiger partial charge in [0.1, 0.15) is 12.1 Å². The van der Waals surface area contributed by atoms with E-state index in [0.717, 1.165) is 6.42 Å². The summed E-state index contributed by atoms with van der Waals surface area (Å²) in [6.45, 7) is 0.610. The van der Waals surface area contributed by atoms with E-state index in [-0.39, 0.29) is 5.92 Å². The van der Waals surface area contributed by atoms with Crippen LogP contribution in [0, 0.1) is 5.92 Å². The number of carboxylic acids is 2. The van der Waals surface area contributed by atoms with Crippen LogP contribution in [0.4, 0.5) is 0 Å². The van der Waals surface area contributed by atoms with E-state index < -0.39 is 24.0 Å². The van der Waals surface area contributed by atoms with Crippen molar-refractivity contribution in [2.75, 3.05) is 6.54 Å². The van der Waals surface area contributed by atoms with E-state index in [9.17, 15) is 9.59 Å². The van der Waals surface area contributed by atoms with Crippen molar-refractivity contribution in [2.24, 2.45) is 5.92 Å². The Morgan fingerprint density at radius 1 is 1.23 bits per heavy atom. The van der Waals surface area contributed by atoms with Gasteiger partial charge >= 0.3 is 11.9 Å². The maximum absolute atomic E-state index is 10.8. The zero-order valence-electron chi connectivity index (χ0n) is 7.01. The van der Waals surface area contributed by atoms with E-state index in [0.29, 0.717) is 13.0 Å². The third-order valence-electron chi connectivity index (χ3n) is 3.03. The monoisotopic (exact) mass is 185 g/mol. The van der Waals surface area contributed by atoms with E-state index in [4.69, 9.17) is 10.2 Å². The molecular weight excluding hydrogens is 174 g/mol. The molecule has 2 aliphatic heterocycles. The third kappa shape index (κ3) is 1.11. The van der Waals surface area contributed by atoms with Crippen molar-refractivity contribution in [3.05, 3.63) is 0 Å². The van der Waals surface area contributed by atoms with Crippen LogP contribution in [0.15, 0.2) is 0 Å². The van der Waals surface area contributed by atoms with Crippen molar-refractivity contribution in [3.8, 4) is 0 Å². The Bertz CT molecular complexity index is 265. The molecular formula is C8H11NO4. The molecule has 2 heterocycles. The van der Waals surface area contributed by atoms with Crippen LogP contribution in [0.5, 0.6) is 0 Å².